The molecule has 0 heterocycles. The third kappa shape index (κ3) is 5.03. The molecule has 0 fully saturated rings. The number of aryl methyl sites for hydroxylation is 1. The monoisotopic (exact) mass is 344 g/mol. The molecule has 0 aliphatic heterocycles. The summed E-state index contributed by atoms with van der Waals surface area (Å²) in [6.45, 7) is 4.87. The molecule has 2 aromatic carbocycles. The molecule has 2 aromatic rings. The number of carbonyl (C=O) groups excluding carboxylic acids is 1. The molecule has 4 nitrogen and oxygen atoms in total. The van der Waals surface area contributed by atoms with Crippen molar-refractivity contribution < 1.29 is 13.9 Å². The summed E-state index contributed by atoms with van der Waals surface area (Å²) in [6.07, 6.45) is 0. The number of nitrogens with one attached hydrogen (secondary N) is 1. The van der Waals surface area contributed by atoms with Gasteiger partial charge in [0.2, 0.25) is 0 Å². The summed E-state index contributed by atoms with van der Waals surface area (Å²) < 4.78 is 18.6. The molecule has 0 saturated heterocycles. The molecule has 0 spiro atoms. The zero-order chi connectivity index (χ0) is 18.4. The number of rotatable bonds is 7. The molecule has 1 atom stereocenters. The van der Waals surface area contributed by atoms with E-state index in [1.165, 1.54) is 12.1 Å². The van der Waals surface area contributed by atoms with Crippen LogP contribution < -0.4 is 10.1 Å². The van der Waals surface area contributed by atoms with Gasteiger partial charge in [0, 0.05) is 12.1 Å². The topological polar surface area (TPSA) is 41.6 Å². The van der Waals surface area contributed by atoms with Crippen molar-refractivity contribution >= 4 is 5.91 Å². The van der Waals surface area contributed by atoms with Gasteiger partial charge in [0.05, 0.1) is 12.6 Å². The van der Waals surface area contributed by atoms with Crippen LogP contribution in [0.4, 0.5) is 4.39 Å². The van der Waals surface area contributed by atoms with E-state index in [2.05, 4.69) is 5.32 Å². The molecule has 0 aromatic heterocycles. The molecule has 0 aliphatic rings. The van der Waals surface area contributed by atoms with Crippen molar-refractivity contribution in [1.29, 1.82) is 0 Å². The first kappa shape index (κ1) is 18.9. The van der Waals surface area contributed by atoms with Crippen molar-refractivity contribution in [3.05, 3.63) is 65.0 Å². The van der Waals surface area contributed by atoms with Crippen LogP contribution in [0.5, 0.6) is 5.75 Å². The van der Waals surface area contributed by atoms with Crippen LogP contribution in [0.3, 0.4) is 0 Å². The molecule has 25 heavy (non-hydrogen) atoms. The van der Waals surface area contributed by atoms with Gasteiger partial charge < -0.3 is 15.0 Å². The van der Waals surface area contributed by atoms with Crippen molar-refractivity contribution in [3.8, 4) is 5.75 Å². The summed E-state index contributed by atoms with van der Waals surface area (Å²) in [5.41, 5.74) is 2.48. The zero-order valence-corrected chi connectivity index (χ0v) is 15.2. The van der Waals surface area contributed by atoms with Gasteiger partial charge in [0.1, 0.15) is 11.6 Å². The van der Waals surface area contributed by atoms with E-state index in [1.807, 2.05) is 45.0 Å². The fourth-order valence-electron chi connectivity index (χ4n) is 2.68. The van der Waals surface area contributed by atoms with Crippen LogP contribution in [0.2, 0.25) is 0 Å². The van der Waals surface area contributed by atoms with Gasteiger partial charge in [-0.15, -0.1) is 0 Å². The highest BCUT2D eigenvalue weighted by Crippen LogP contribution is 2.20. The van der Waals surface area contributed by atoms with E-state index in [0.29, 0.717) is 18.7 Å². The molecule has 1 N–H and O–H groups in total. The minimum atomic E-state index is -0.268. The SMILES string of the molecule is CCOc1ccc(C(=O)NCC(c2ccc(F)cc2)N(C)C)cc1C. The van der Waals surface area contributed by atoms with Gasteiger partial charge in [-0.25, -0.2) is 4.39 Å². The van der Waals surface area contributed by atoms with Crippen LogP contribution in [0, 0.1) is 12.7 Å². The van der Waals surface area contributed by atoms with Crippen LogP contribution >= 0.6 is 0 Å². The first-order valence-corrected chi connectivity index (χ1v) is 8.36. The Kier molecular flexibility index (Phi) is 6.53. The Morgan fingerprint density at radius 1 is 1.20 bits per heavy atom. The van der Waals surface area contributed by atoms with Gasteiger partial charge in [-0.3, -0.25) is 4.79 Å². The Morgan fingerprint density at radius 2 is 1.88 bits per heavy atom. The van der Waals surface area contributed by atoms with E-state index in [0.717, 1.165) is 16.9 Å². The van der Waals surface area contributed by atoms with Crippen LogP contribution in [0.25, 0.3) is 0 Å². The number of nitrogens with zero attached hydrogens (tertiary/aromatic N) is 1. The van der Waals surface area contributed by atoms with Crippen LogP contribution in [0.1, 0.15) is 34.5 Å². The Balaban J connectivity index is 2.06. The smallest absolute Gasteiger partial charge is 0.251 e. The molecule has 1 amide bonds. The maximum Gasteiger partial charge on any atom is 0.251 e. The number of amides is 1. The second kappa shape index (κ2) is 8.62. The van der Waals surface area contributed by atoms with Crippen LogP contribution in [0.15, 0.2) is 42.5 Å². The van der Waals surface area contributed by atoms with Crippen molar-refractivity contribution in [2.45, 2.75) is 19.9 Å². The first-order valence-electron chi connectivity index (χ1n) is 8.36. The fourth-order valence-corrected chi connectivity index (χ4v) is 2.68. The van der Waals surface area contributed by atoms with E-state index < -0.39 is 0 Å². The predicted octanol–water partition coefficient (Wildman–Crippen LogP) is 3.57. The molecule has 134 valence electrons. The third-order valence-electron chi connectivity index (χ3n) is 4.07. The molecule has 0 aliphatic carbocycles. The number of carbonyl (C=O) groups is 1. The van der Waals surface area contributed by atoms with E-state index in [4.69, 9.17) is 4.74 Å². The molecular weight excluding hydrogens is 319 g/mol. The summed E-state index contributed by atoms with van der Waals surface area (Å²) in [4.78, 5) is 14.4. The summed E-state index contributed by atoms with van der Waals surface area (Å²) >= 11 is 0. The van der Waals surface area contributed by atoms with Gasteiger partial charge in [0.15, 0.2) is 0 Å². The number of likely N-dealkylation sites (N-methyl/N-ethyl adjacent to an activating group) is 1. The van der Waals surface area contributed by atoms with Crippen molar-refractivity contribution in [1.82, 2.24) is 10.2 Å². The van der Waals surface area contributed by atoms with Gasteiger partial charge in [0.25, 0.3) is 5.91 Å². The zero-order valence-electron chi connectivity index (χ0n) is 15.2. The quantitative estimate of drug-likeness (QED) is 0.835. The summed E-state index contributed by atoms with van der Waals surface area (Å²) in [5, 5.41) is 2.96. The highest BCUT2D eigenvalue weighted by Gasteiger charge is 2.16. The van der Waals surface area contributed by atoms with E-state index in [9.17, 15) is 9.18 Å². The first-order chi connectivity index (χ1) is 11.9. The minimum absolute atomic E-state index is 0.0339. The standard InChI is InChI=1S/C20H25FN2O2/c1-5-25-19-11-8-16(12-14(19)2)20(24)22-13-18(23(3)4)15-6-9-17(21)10-7-15/h6-12,18H,5,13H2,1-4H3,(H,22,24). The average molecular weight is 344 g/mol. The van der Waals surface area contributed by atoms with Crippen molar-refractivity contribution in [2.24, 2.45) is 0 Å². The number of halogens is 1. The molecule has 2 rings (SSSR count). The predicted molar refractivity (Wildman–Crippen MR) is 97.5 cm³/mol. The normalized spacial score (nSPS) is 12.1. The highest BCUT2D eigenvalue weighted by molar-refractivity contribution is 5.94. The van der Waals surface area contributed by atoms with E-state index in [1.54, 1.807) is 18.2 Å². The Bertz CT molecular complexity index is 714. The van der Waals surface area contributed by atoms with E-state index in [-0.39, 0.29) is 17.8 Å². The molecular formula is C20H25FN2O2. The number of hydrogen-bond donors (Lipinski definition) is 1. The van der Waals surface area contributed by atoms with E-state index >= 15 is 0 Å². The number of ether oxygens (including phenoxy) is 1. The van der Waals surface area contributed by atoms with Gasteiger partial charge in [-0.1, -0.05) is 12.1 Å². The summed E-state index contributed by atoms with van der Waals surface area (Å²) in [7, 11) is 3.86. The number of hydrogen-bond acceptors (Lipinski definition) is 3. The van der Waals surface area contributed by atoms with Gasteiger partial charge >= 0.3 is 0 Å². The highest BCUT2D eigenvalue weighted by atomic mass is 19.1. The fraction of sp³-hybridized carbons (Fsp3) is 0.350. The maximum atomic E-state index is 13.1. The van der Waals surface area contributed by atoms with Crippen LogP contribution in [-0.4, -0.2) is 38.1 Å². The Labute approximate surface area is 148 Å². The number of benzene rings is 2. The second-order valence-corrected chi connectivity index (χ2v) is 6.15. The minimum Gasteiger partial charge on any atom is -0.494 e. The van der Waals surface area contributed by atoms with Crippen LogP contribution in [-0.2, 0) is 0 Å². The lowest BCUT2D eigenvalue weighted by atomic mass is 10.1. The Morgan fingerprint density at radius 3 is 2.44 bits per heavy atom. The molecule has 0 radical (unpaired) electrons. The summed E-state index contributed by atoms with van der Waals surface area (Å²) in [5.74, 6) is 0.381. The molecule has 0 bridgehead atoms. The maximum absolute atomic E-state index is 13.1. The Hall–Kier alpha value is -2.40. The molecule has 5 heteroatoms. The molecule has 0 saturated carbocycles. The van der Waals surface area contributed by atoms with Crippen molar-refractivity contribution in [2.75, 3.05) is 27.2 Å². The van der Waals surface area contributed by atoms with Gasteiger partial charge in [-0.2, -0.15) is 0 Å². The lowest BCUT2D eigenvalue weighted by molar-refractivity contribution is 0.0941. The largest absolute Gasteiger partial charge is 0.494 e. The summed E-state index contributed by atoms with van der Waals surface area (Å²) in [6, 6.07) is 11.7. The lowest BCUT2D eigenvalue weighted by Gasteiger charge is -2.25. The third-order valence-corrected chi connectivity index (χ3v) is 4.07. The van der Waals surface area contributed by atoms with Crippen molar-refractivity contribution in [3.63, 3.8) is 0 Å². The average Bonchev–Trinajstić information content (AvgIpc) is 2.58. The molecule has 1 unspecified atom stereocenters. The van der Waals surface area contributed by atoms with Gasteiger partial charge in [-0.05, 0) is 69.4 Å². The second-order valence-electron chi connectivity index (χ2n) is 6.15. The lowest BCUT2D eigenvalue weighted by Crippen LogP contribution is -2.34.